The highest BCUT2D eigenvalue weighted by Gasteiger charge is 2.43. The Morgan fingerprint density at radius 1 is 1.15 bits per heavy atom. The normalized spacial score (nSPS) is 25.0. The van der Waals surface area contributed by atoms with Crippen molar-refractivity contribution in [2.75, 3.05) is 0 Å². The van der Waals surface area contributed by atoms with Crippen LogP contribution < -0.4 is 5.32 Å². The zero-order chi connectivity index (χ0) is 15.3. The van der Waals surface area contributed by atoms with Gasteiger partial charge in [-0.05, 0) is 25.2 Å². The summed E-state index contributed by atoms with van der Waals surface area (Å²) in [5.41, 5.74) is 0. The zero-order valence-electron chi connectivity index (χ0n) is 14.3. The molecule has 1 rings (SSSR count). The molecule has 0 bridgehead atoms. The molecule has 1 fully saturated rings. The van der Waals surface area contributed by atoms with Gasteiger partial charge >= 0.3 is 0 Å². The van der Waals surface area contributed by atoms with E-state index in [9.17, 15) is 4.79 Å². The molecule has 0 aromatic rings. The van der Waals surface area contributed by atoms with Crippen molar-refractivity contribution < 1.29 is 4.79 Å². The Morgan fingerprint density at radius 3 is 2.20 bits per heavy atom. The lowest BCUT2D eigenvalue weighted by molar-refractivity contribution is -0.133. The fourth-order valence-corrected chi connectivity index (χ4v) is 3.46. The second-order valence-electron chi connectivity index (χ2n) is 6.61. The summed E-state index contributed by atoms with van der Waals surface area (Å²) in [5, 5.41) is 3.59. The summed E-state index contributed by atoms with van der Waals surface area (Å²) in [6, 6.07) is 0.378. The standard InChI is InChI=1S/C17H34N2O/c1-7-10-11-15-17(20)19(16(18-15)12(4)5)13(6)14(8-2)9-3/h12-16,18H,7-11H2,1-6H3. The number of hydrogen-bond acceptors (Lipinski definition) is 2. The first kappa shape index (κ1) is 17.5. The molecule has 3 nitrogen and oxygen atoms in total. The molecule has 0 aliphatic carbocycles. The molecule has 0 saturated carbocycles. The molecule has 0 spiro atoms. The van der Waals surface area contributed by atoms with E-state index in [0.29, 0.717) is 23.8 Å². The van der Waals surface area contributed by atoms with Crippen molar-refractivity contribution in [1.29, 1.82) is 0 Å². The zero-order valence-corrected chi connectivity index (χ0v) is 14.3. The van der Waals surface area contributed by atoms with Gasteiger partial charge in [0.2, 0.25) is 5.91 Å². The molecule has 3 atom stereocenters. The van der Waals surface area contributed by atoms with E-state index in [4.69, 9.17) is 0 Å². The van der Waals surface area contributed by atoms with Gasteiger partial charge in [-0.2, -0.15) is 0 Å². The number of carbonyl (C=O) groups is 1. The maximum Gasteiger partial charge on any atom is 0.241 e. The van der Waals surface area contributed by atoms with Crippen molar-refractivity contribution in [3.63, 3.8) is 0 Å². The number of amides is 1. The smallest absolute Gasteiger partial charge is 0.241 e. The first-order valence-corrected chi connectivity index (χ1v) is 8.55. The fourth-order valence-electron chi connectivity index (χ4n) is 3.46. The van der Waals surface area contributed by atoms with Gasteiger partial charge in [0.05, 0.1) is 12.2 Å². The van der Waals surface area contributed by atoms with Crippen molar-refractivity contribution in [1.82, 2.24) is 10.2 Å². The molecule has 1 aliphatic rings. The molecular formula is C17H34N2O. The molecule has 20 heavy (non-hydrogen) atoms. The molecule has 1 amide bonds. The van der Waals surface area contributed by atoms with E-state index in [1.54, 1.807) is 0 Å². The molecule has 0 aromatic heterocycles. The van der Waals surface area contributed by atoms with Crippen LogP contribution in [0, 0.1) is 11.8 Å². The van der Waals surface area contributed by atoms with Gasteiger partial charge in [0, 0.05) is 6.04 Å². The lowest BCUT2D eigenvalue weighted by Crippen LogP contribution is -2.48. The van der Waals surface area contributed by atoms with Crippen molar-refractivity contribution in [2.24, 2.45) is 11.8 Å². The second-order valence-corrected chi connectivity index (χ2v) is 6.61. The quantitative estimate of drug-likeness (QED) is 0.734. The van der Waals surface area contributed by atoms with Crippen LogP contribution in [0.5, 0.6) is 0 Å². The minimum atomic E-state index is 0.0409. The van der Waals surface area contributed by atoms with E-state index in [1.165, 1.54) is 0 Å². The Balaban J connectivity index is 2.86. The Labute approximate surface area is 125 Å². The molecule has 118 valence electrons. The van der Waals surface area contributed by atoms with E-state index in [0.717, 1.165) is 32.1 Å². The summed E-state index contributed by atoms with van der Waals surface area (Å²) in [5.74, 6) is 1.39. The Bertz CT molecular complexity index is 299. The van der Waals surface area contributed by atoms with E-state index in [1.807, 2.05) is 0 Å². The van der Waals surface area contributed by atoms with Crippen LogP contribution in [0.3, 0.4) is 0 Å². The average molecular weight is 282 g/mol. The predicted molar refractivity (Wildman–Crippen MR) is 85.5 cm³/mol. The minimum absolute atomic E-state index is 0.0409. The SMILES string of the molecule is CCCCC1NC(C(C)C)N(C(C)C(CC)CC)C1=O. The van der Waals surface area contributed by atoms with Crippen LogP contribution in [0.2, 0.25) is 0 Å². The van der Waals surface area contributed by atoms with Gasteiger partial charge in [-0.3, -0.25) is 10.1 Å². The van der Waals surface area contributed by atoms with Crippen LogP contribution in [0.25, 0.3) is 0 Å². The topological polar surface area (TPSA) is 32.3 Å². The molecule has 1 N–H and O–H groups in total. The summed E-state index contributed by atoms with van der Waals surface area (Å²) < 4.78 is 0. The van der Waals surface area contributed by atoms with Crippen molar-refractivity contribution in [3.05, 3.63) is 0 Å². The van der Waals surface area contributed by atoms with Crippen LogP contribution in [0.1, 0.15) is 73.6 Å². The first-order valence-electron chi connectivity index (χ1n) is 8.55. The highest BCUT2D eigenvalue weighted by atomic mass is 16.2. The van der Waals surface area contributed by atoms with Gasteiger partial charge in [-0.15, -0.1) is 0 Å². The Morgan fingerprint density at radius 2 is 1.75 bits per heavy atom. The highest BCUT2D eigenvalue weighted by Crippen LogP contribution is 2.28. The summed E-state index contributed by atoms with van der Waals surface area (Å²) in [6.45, 7) is 13.3. The Kier molecular flexibility index (Phi) is 7.01. The largest absolute Gasteiger partial charge is 0.323 e. The van der Waals surface area contributed by atoms with Gasteiger partial charge in [0.1, 0.15) is 0 Å². The van der Waals surface area contributed by atoms with E-state index in [2.05, 4.69) is 51.8 Å². The van der Waals surface area contributed by atoms with Crippen LogP contribution in [0.4, 0.5) is 0 Å². The van der Waals surface area contributed by atoms with E-state index < -0.39 is 0 Å². The van der Waals surface area contributed by atoms with Crippen LogP contribution in [0.15, 0.2) is 0 Å². The average Bonchev–Trinajstić information content (AvgIpc) is 2.75. The third-order valence-corrected chi connectivity index (χ3v) is 4.87. The van der Waals surface area contributed by atoms with Crippen LogP contribution in [-0.2, 0) is 4.79 Å². The fraction of sp³-hybridized carbons (Fsp3) is 0.941. The lowest BCUT2D eigenvalue weighted by Gasteiger charge is -2.36. The van der Waals surface area contributed by atoms with Gasteiger partial charge in [0.25, 0.3) is 0 Å². The molecule has 0 radical (unpaired) electrons. The number of nitrogens with one attached hydrogen (secondary N) is 1. The number of nitrogens with zero attached hydrogens (tertiary/aromatic N) is 1. The molecule has 0 aromatic carbocycles. The molecule has 1 saturated heterocycles. The molecular weight excluding hydrogens is 248 g/mol. The monoisotopic (exact) mass is 282 g/mol. The number of rotatable bonds is 8. The summed E-state index contributed by atoms with van der Waals surface area (Å²) in [4.78, 5) is 14.9. The molecule has 1 aliphatic heterocycles. The summed E-state index contributed by atoms with van der Waals surface area (Å²) in [6.07, 6.45) is 5.75. The van der Waals surface area contributed by atoms with Gasteiger partial charge in [-0.25, -0.2) is 0 Å². The van der Waals surface area contributed by atoms with Crippen LogP contribution in [-0.4, -0.2) is 29.1 Å². The number of unbranched alkanes of at least 4 members (excludes halogenated alkanes) is 1. The van der Waals surface area contributed by atoms with Crippen molar-refractivity contribution in [3.8, 4) is 0 Å². The highest BCUT2D eigenvalue weighted by molar-refractivity contribution is 5.84. The third kappa shape index (κ3) is 3.75. The number of hydrogen-bond donors (Lipinski definition) is 1. The first-order chi connectivity index (χ1) is 9.47. The lowest BCUT2D eigenvalue weighted by atomic mass is 9.93. The van der Waals surface area contributed by atoms with Gasteiger partial charge in [-0.1, -0.05) is 60.3 Å². The summed E-state index contributed by atoms with van der Waals surface area (Å²) in [7, 11) is 0. The van der Waals surface area contributed by atoms with Crippen molar-refractivity contribution in [2.45, 2.75) is 91.9 Å². The third-order valence-electron chi connectivity index (χ3n) is 4.87. The maximum atomic E-state index is 12.8. The molecule has 1 heterocycles. The molecule has 3 unspecified atom stereocenters. The van der Waals surface area contributed by atoms with Gasteiger partial charge < -0.3 is 4.90 Å². The summed E-state index contributed by atoms with van der Waals surface area (Å²) >= 11 is 0. The maximum absolute atomic E-state index is 12.8. The Hall–Kier alpha value is -0.570. The predicted octanol–water partition coefficient (Wildman–Crippen LogP) is 3.78. The second kappa shape index (κ2) is 8.02. The van der Waals surface area contributed by atoms with E-state index >= 15 is 0 Å². The minimum Gasteiger partial charge on any atom is -0.323 e. The number of carbonyl (C=O) groups excluding carboxylic acids is 1. The van der Waals surface area contributed by atoms with E-state index in [-0.39, 0.29) is 12.2 Å². The molecule has 3 heteroatoms. The van der Waals surface area contributed by atoms with Gasteiger partial charge in [0.15, 0.2) is 0 Å². The van der Waals surface area contributed by atoms with Crippen molar-refractivity contribution >= 4 is 5.91 Å². The van der Waals surface area contributed by atoms with Crippen LogP contribution >= 0.6 is 0 Å².